The minimum Gasteiger partial charge on any atom is -0.384 e. The molecule has 15 heavy (non-hydrogen) atoms. The van der Waals surface area contributed by atoms with E-state index < -0.39 is 0 Å². The fourth-order valence-electron chi connectivity index (χ4n) is 2.55. The summed E-state index contributed by atoms with van der Waals surface area (Å²) in [5.41, 5.74) is 4.46. The van der Waals surface area contributed by atoms with Gasteiger partial charge in [0.1, 0.15) is 0 Å². The van der Waals surface area contributed by atoms with Crippen molar-refractivity contribution in [3.8, 4) is 0 Å². The van der Waals surface area contributed by atoms with Crippen LogP contribution in [0.4, 0.5) is 5.69 Å². The van der Waals surface area contributed by atoms with Gasteiger partial charge in [-0.25, -0.2) is 0 Å². The second-order valence-electron chi connectivity index (χ2n) is 5.19. The summed E-state index contributed by atoms with van der Waals surface area (Å²) in [5.74, 6) is 2.04. The lowest BCUT2D eigenvalue weighted by atomic mass is 9.84. The summed E-state index contributed by atoms with van der Waals surface area (Å²) < 4.78 is 0. The minimum absolute atomic E-state index is 0.626. The molecule has 0 saturated heterocycles. The van der Waals surface area contributed by atoms with Crippen LogP contribution in [0.1, 0.15) is 50.7 Å². The second-order valence-corrected chi connectivity index (χ2v) is 5.19. The van der Waals surface area contributed by atoms with Crippen LogP contribution in [0.15, 0.2) is 18.2 Å². The summed E-state index contributed by atoms with van der Waals surface area (Å²) in [6.45, 7) is 10.3. The Morgan fingerprint density at radius 3 is 2.53 bits per heavy atom. The van der Waals surface area contributed by atoms with Gasteiger partial charge in [0.05, 0.1) is 0 Å². The first kappa shape index (κ1) is 10.5. The molecule has 2 rings (SSSR count). The van der Waals surface area contributed by atoms with E-state index in [0.717, 1.165) is 12.5 Å². The van der Waals surface area contributed by atoms with Crippen LogP contribution in [0.3, 0.4) is 0 Å². The molecule has 0 fully saturated rings. The molecule has 1 aromatic rings. The van der Waals surface area contributed by atoms with Crippen LogP contribution in [-0.2, 0) is 0 Å². The van der Waals surface area contributed by atoms with Gasteiger partial charge < -0.3 is 5.32 Å². The number of hydrogen-bond donors (Lipinski definition) is 1. The van der Waals surface area contributed by atoms with Crippen LogP contribution in [0.5, 0.6) is 0 Å². The quantitative estimate of drug-likeness (QED) is 0.766. The van der Waals surface area contributed by atoms with Crippen LogP contribution in [0.25, 0.3) is 0 Å². The molecule has 1 heterocycles. The molecule has 1 aliphatic rings. The zero-order valence-electron chi connectivity index (χ0n) is 10.2. The Labute approximate surface area is 92.9 Å². The van der Waals surface area contributed by atoms with Gasteiger partial charge in [0, 0.05) is 18.2 Å². The van der Waals surface area contributed by atoms with E-state index in [1.807, 2.05) is 0 Å². The highest BCUT2D eigenvalue weighted by molar-refractivity contribution is 5.61. The molecule has 0 aliphatic carbocycles. The average molecular weight is 203 g/mol. The highest BCUT2D eigenvalue weighted by Gasteiger charge is 2.27. The normalized spacial score (nSPS) is 19.5. The van der Waals surface area contributed by atoms with E-state index in [4.69, 9.17) is 0 Å². The highest BCUT2D eigenvalue weighted by atomic mass is 14.9. The number of anilines is 1. The smallest absolute Gasteiger partial charge is 0.0379 e. The van der Waals surface area contributed by atoms with Crippen LogP contribution in [0.2, 0.25) is 0 Å². The molecule has 1 nitrogen and oxygen atoms in total. The fourth-order valence-corrected chi connectivity index (χ4v) is 2.55. The molecular weight excluding hydrogens is 182 g/mol. The van der Waals surface area contributed by atoms with Gasteiger partial charge in [-0.1, -0.05) is 39.8 Å². The van der Waals surface area contributed by atoms with Gasteiger partial charge in [-0.15, -0.1) is 0 Å². The van der Waals surface area contributed by atoms with Crippen molar-refractivity contribution in [2.75, 3.05) is 11.9 Å². The lowest BCUT2D eigenvalue weighted by Crippen LogP contribution is -2.10. The van der Waals surface area contributed by atoms with Gasteiger partial charge in [-0.05, 0) is 29.0 Å². The number of nitrogens with one attached hydrogen (secondary N) is 1. The van der Waals surface area contributed by atoms with Crippen molar-refractivity contribution in [2.24, 2.45) is 5.92 Å². The van der Waals surface area contributed by atoms with Gasteiger partial charge in [-0.3, -0.25) is 0 Å². The first-order valence-electron chi connectivity index (χ1n) is 5.98. The molecule has 0 bridgehead atoms. The molecule has 0 amide bonds. The van der Waals surface area contributed by atoms with Gasteiger partial charge >= 0.3 is 0 Å². The Morgan fingerprint density at radius 2 is 1.93 bits per heavy atom. The van der Waals surface area contributed by atoms with Crippen molar-refractivity contribution in [1.82, 2.24) is 0 Å². The molecule has 0 saturated carbocycles. The molecule has 1 N–H and O–H groups in total. The monoisotopic (exact) mass is 203 g/mol. The van der Waals surface area contributed by atoms with Gasteiger partial charge in [0.25, 0.3) is 0 Å². The van der Waals surface area contributed by atoms with Gasteiger partial charge in [-0.2, -0.15) is 0 Å². The standard InChI is InChI=1S/C14H21N/c1-9(2)11-6-5-7-13-14(11)12(8-15-13)10(3)4/h5-7,9-10,12,15H,8H2,1-4H3. The Bertz CT molecular complexity index is 352. The summed E-state index contributed by atoms with van der Waals surface area (Å²) in [4.78, 5) is 0. The van der Waals surface area contributed by atoms with Gasteiger partial charge in [0.2, 0.25) is 0 Å². The van der Waals surface area contributed by atoms with E-state index in [2.05, 4.69) is 51.2 Å². The van der Waals surface area contributed by atoms with Crippen molar-refractivity contribution in [1.29, 1.82) is 0 Å². The largest absolute Gasteiger partial charge is 0.384 e. The van der Waals surface area contributed by atoms with E-state index >= 15 is 0 Å². The molecule has 1 heteroatoms. The van der Waals surface area contributed by atoms with Crippen molar-refractivity contribution in [2.45, 2.75) is 39.5 Å². The Hall–Kier alpha value is -0.980. The molecule has 82 valence electrons. The van der Waals surface area contributed by atoms with E-state index in [0.29, 0.717) is 11.8 Å². The lowest BCUT2D eigenvalue weighted by molar-refractivity contribution is 0.528. The van der Waals surface area contributed by atoms with E-state index in [1.165, 1.54) is 11.3 Å². The van der Waals surface area contributed by atoms with Crippen molar-refractivity contribution < 1.29 is 0 Å². The predicted molar refractivity (Wildman–Crippen MR) is 66.6 cm³/mol. The molecule has 0 radical (unpaired) electrons. The maximum atomic E-state index is 3.53. The van der Waals surface area contributed by atoms with Crippen LogP contribution < -0.4 is 5.32 Å². The Kier molecular flexibility index (Phi) is 2.72. The van der Waals surface area contributed by atoms with E-state index in [1.54, 1.807) is 5.56 Å². The zero-order valence-corrected chi connectivity index (χ0v) is 10.2. The third kappa shape index (κ3) is 1.75. The third-order valence-corrected chi connectivity index (χ3v) is 3.45. The molecule has 1 unspecified atom stereocenters. The minimum atomic E-state index is 0.626. The summed E-state index contributed by atoms with van der Waals surface area (Å²) in [7, 11) is 0. The Balaban J connectivity index is 2.48. The molecule has 0 spiro atoms. The van der Waals surface area contributed by atoms with Crippen LogP contribution >= 0.6 is 0 Å². The SMILES string of the molecule is CC(C)c1cccc2c1C(C(C)C)CN2. The van der Waals surface area contributed by atoms with E-state index in [-0.39, 0.29) is 0 Å². The summed E-state index contributed by atoms with van der Waals surface area (Å²) in [6.07, 6.45) is 0. The molecular formula is C14H21N. The average Bonchev–Trinajstić information content (AvgIpc) is 2.60. The number of hydrogen-bond acceptors (Lipinski definition) is 1. The number of benzene rings is 1. The molecule has 1 aliphatic heterocycles. The summed E-state index contributed by atoms with van der Waals surface area (Å²) in [6, 6.07) is 6.67. The highest BCUT2D eigenvalue weighted by Crippen LogP contribution is 2.40. The van der Waals surface area contributed by atoms with Gasteiger partial charge in [0.15, 0.2) is 0 Å². The fraction of sp³-hybridized carbons (Fsp3) is 0.571. The summed E-state index contributed by atoms with van der Waals surface area (Å²) in [5, 5.41) is 3.53. The first-order chi connectivity index (χ1) is 7.11. The van der Waals surface area contributed by atoms with Crippen molar-refractivity contribution in [3.63, 3.8) is 0 Å². The lowest BCUT2D eigenvalue weighted by Gasteiger charge is -2.19. The summed E-state index contributed by atoms with van der Waals surface area (Å²) >= 11 is 0. The number of fused-ring (bicyclic) bond motifs is 1. The van der Waals surface area contributed by atoms with Crippen molar-refractivity contribution >= 4 is 5.69 Å². The third-order valence-electron chi connectivity index (χ3n) is 3.45. The van der Waals surface area contributed by atoms with Crippen molar-refractivity contribution in [3.05, 3.63) is 29.3 Å². The van der Waals surface area contributed by atoms with E-state index in [9.17, 15) is 0 Å². The van der Waals surface area contributed by atoms with Crippen LogP contribution in [-0.4, -0.2) is 6.54 Å². The number of rotatable bonds is 2. The topological polar surface area (TPSA) is 12.0 Å². The first-order valence-corrected chi connectivity index (χ1v) is 5.98. The molecule has 1 aromatic carbocycles. The predicted octanol–water partition coefficient (Wildman–Crippen LogP) is 3.98. The molecule has 0 aromatic heterocycles. The van der Waals surface area contributed by atoms with Crippen LogP contribution in [0, 0.1) is 5.92 Å². The maximum absolute atomic E-state index is 3.53. The second kappa shape index (κ2) is 3.88. The Morgan fingerprint density at radius 1 is 1.20 bits per heavy atom. The maximum Gasteiger partial charge on any atom is 0.0379 e. The molecule has 1 atom stereocenters. The zero-order chi connectivity index (χ0) is 11.0.